The predicted octanol–water partition coefficient (Wildman–Crippen LogP) is 2.41. The largest absolute Gasteiger partial charge is 0.356 e. The van der Waals surface area contributed by atoms with Crippen molar-refractivity contribution in [2.45, 2.75) is 45.2 Å². The molecule has 0 aromatic heterocycles. The summed E-state index contributed by atoms with van der Waals surface area (Å²) in [5.41, 5.74) is 0.737. The molecule has 0 bridgehead atoms. The summed E-state index contributed by atoms with van der Waals surface area (Å²) in [6.45, 7) is 7.42. The zero-order chi connectivity index (χ0) is 16.7. The third kappa shape index (κ3) is 5.50. The van der Waals surface area contributed by atoms with Crippen molar-refractivity contribution in [1.82, 2.24) is 15.5 Å². The van der Waals surface area contributed by atoms with Crippen molar-refractivity contribution in [3.8, 4) is 0 Å². The summed E-state index contributed by atoms with van der Waals surface area (Å²) in [5, 5.41) is 6.77. The summed E-state index contributed by atoms with van der Waals surface area (Å²) in [7, 11) is 1.78. The molecule has 1 aliphatic rings. The highest BCUT2D eigenvalue weighted by molar-refractivity contribution is 5.79. The molecule has 0 radical (unpaired) electrons. The minimum absolute atomic E-state index is 0.140. The quantitative estimate of drug-likeness (QED) is 0.646. The van der Waals surface area contributed by atoms with Crippen LogP contribution in [0.3, 0.4) is 0 Å². The van der Waals surface area contributed by atoms with Crippen molar-refractivity contribution in [3.63, 3.8) is 0 Å². The Balaban J connectivity index is 1.73. The van der Waals surface area contributed by atoms with Crippen LogP contribution in [0, 0.1) is 5.82 Å². The molecule has 0 atom stereocenters. The number of benzene rings is 1. The van der Waals surface area contributed by atoms with Gasteiger partial charge in [-0.15, -0.1) is 0 Å². The number of guanidine groups is 1. The topological polar surface area (TPSA) is 39.7 Å². The van der Waals surface area contributed by atoms with Crippen LogP contribution >= 0.6 is 0 Å². The van der Waals surface area contributed by atoms with Crippen molar-refractivity contribution >= 4 is 5.96 Å². The Morgan fingerprint density at radius 2 is 2.00 bits per heavy atom. The third-order valence-corrected chi connectivity index (χ3v) is 4.47. The molecule has 1 fully saturated rings. The zero-order valence-corrected chi connectivity index (χ0v) is 14.5. The first kappa shape index (κ1) is 17.7. The molecule has 2 N–H and O–H groups in total. The first-order valence-corrected chi connectivity index (χ1v) is 8.54. The second-order valence-electron chi connectivity index (χ2n) is 6.39. The monoisotopic (exact) mass is 320 g/mol. The van der Waals surface area contributed by atoms with Gasteiger partial charge in [0.1, 0.15) is 5.82 Å². The van der Waals surface area contributed by atoms with E-state index in [0.717, 1.165) is 37.5 Å². The minimum atomic E-state index is -0.140. The number of hydrogen-bond acceptors (Lipinski definition) is 2. The predicted molar refractivity (Wildman–Crippen MR) is 94.3 cm³/mol. The third-order valence-electron chi connectivity index (χ3n) is 4.47. The number of nitrogens with zero attached hydrogens (tertiary/aromatic N) is 2. The maximum Gasteiger partial charge on any atom is 0.191 e. The maximum atomic E-state index is 13.6. The van der Waals surface area contributed by atoms with Crippen LogP contribution in [0.2, 0.25) is 0 Å². The van der Waals surface area contributed by atoms with E-state index in [1.165, 1.54) is 6.07 Å². The molecule has 0 spiro atoms. The van der Waals surface area contributed by atoms with Crippen LogP contribution in [0.5, 0.6) is 0 Å². The maximum absolute atomic E-state index is 13.6. The van der Waals surface area contributed by atoms with Gasteiger partial charge in [0.15, 0.2) is 5.96 Å². The fourth-order valence-corrected chi connectivity index (χ4v) is 2.96. The summed E-state index contributed by atoms with van der Waals surface area (Å²) >= 11 is 0. The second kappa shape index (κ2) is 8.87. The Labute approximate surface area is 139 Å². The molecule has 1 heterocycles. The van der Waals surface area contributed by atoms with Crippen LogP contribution in [0.4, 0.5) is 4.39 Å². The van der Waals surface area contributed by atoms with E-state index in [0.29, 0.717) is 25.0 Å². The van der Waals surface area contributed by atoms with E-state index in [-0.39, 0.29) is 5.82 Å². The Hall–Kier alpha value is -1.62. The molecule has 1 aromatic carbocycles. The van der Waals surface area contributed by atoms with Crippen molar-refractivity contribution in [2.24, 2.45) is 4.99 Å². The number of hydrogen-bond donors (Lipinski definition) is 2. The van der Waals surface area contributed by atoms with E-state index in [2.05, 4.69) is 34.4 Å². The van der Waals surface area contributed by atoms with Crippen molar-refractivity contribution in [1.29, 1.82) is 0 Å². The van der Waals surface area contributed by atoms with Gasteiger partial charge in [0.2, 0.25) is 0 Å². The molecular formula is C18H29FN4. The molecule has 23 heavy (non-hydrogen) atoms. The SMILES string of the molecule is CN=C(NCCc1ccccc1F)NC1CCN(C(C)C)CC1. The Morgan fingerprint density at radius 1 is 1.30 bits per heavy atom. The summed E-state index contributed by atoms with van der Waals surface area (Å²) in [4.78, 5) is 6.78. The van der Waals surface area contributed by atoms with E-state index in [1.807, 2.05) is 12.1 Å². The molecule has 0 saturated carbocycles. The lowest BCUT2D eigenvalue weighted by molar-refractivity contribution is 0.167. The van der Waals surface area contributed by atoms with Crippen molar-refractivity contribution in [3.05, 3.63) is 35.6 Å². The molecule has 0 aliphatic carbocycles. The fraction of sp³-hybridized carbons (Fsp3) is 0.611. The average molecular weight is 320 g/mol. The van der Waals surface area contributed by atoms with Gasteiger partial charge in [-0.3, -0.25) is 4.99 Å². The van der Waals surface area contributed by atoms with Crippen LogP contribution < -0.4 is 10.6 Å². The van der Waals surface area contributed by atoms with Crippen molar-refractivity contribution in [2.75, 3.05) is 26.7 Å². The summed E-state index contributed by atoms with van der Waals surface area (Å²) in [5.74, 6) is 0.669. The van der Waals surface area contributed by atoms with Gasteiger partial charge in [0.05, 0.1) is 0 Å². The molecule has 128 valence electrons. The van der Waals surface area contributed by atoms with Crippen molar-refractivity contribution < 1.29 is 4.39 Å². The van der Waals surface area contributed by atoms with E-state index < -0.39 is 0 Å². The summed E-state index contributed by atoms with van der Waals surface area (Å²) in [6, 6.07) is 8.00. The molecule has 1 aromatic rings. The van der Waals surface area contributed by atoms with Crippen LogP contribution in [0.15, 0.2) is 29.3 Å². The fourth-order valence-electron chi connectivity index (χ4n) is 2.96. The van der Waals surface area contributed by atoms with E-state index in [9.17, 15) is 4.39 Å². The van der Waals surface area contributed by atoms with Gasteiger partial charge in [-0.05, 0) is 44.7 Å². The Morgan fingerprint density at radius 3 is 2.61 bits per heavy atom. The van der Waals surface area contributed by atoms with Gasteiger partial charge < -0.3 is 15.5 Å². The van der Waals surface area contributed by atoms with Crippen LogP contribution in [0.25, 0.3) is 0 Å². The molecular weight excluding hydrogens is 291 g/mol. The minimum Gasteiger partial charge on any atom is -0.356 e. The van der Waals surface area contributed by atoms with Gasteiger partial charge in [0, 0.05) is 38.8 Å². The smallest absolute Gasteiger partial charge is 0.191 e. The highest BCUT2D eigenvalue weighted by Gasteiger charge is 2.21. The van der Waals surface area contributed by atoms with Crippen LogP contribution in [-0.2, 0) is 6.42 Å². The van der Waals surface area contributed by atoms with E-state index in [4.69, 9.17) is 0 Å². The van der Waals surface area contributed by atoms with E-state index >= 15 is 0 Å². The Kier molecular flexibility index (Phi) is 6.84. The lowest BCUT2D eigenvalue weighted by Crippen LogP contribution is -2.50. The van der Waals surface area contributed by atoms with Gasteiger partial charge >= 0.3 is 0 Å². The van der Waals surface area contributed by atoms with Crippen LogP contribution in [-0.4, -0.2) is 49.6 Å². The zero-order valence-electron chi connectivity index (χ0n) is 14.5. The molecule has 0 unspecified atom stereocenters. The van der Waals surface area contributed by atoms with Crippen LogP contribution in [0.1, 0.15) is 32.3 Å². The lowest BCUT2D eigenvalue weighted by atomic mass is 10.0. The number of nitrogens with one attached hydrogen (secondary N) is 2. The number of rotatable bonds is 5. The second-order valence-corrected chi connectivity index (χ2v) is 6.39. The molecule has 1 aliphatic heterocycles. The van der Waals surface area contributed by atoms with Gasteiger partial charge in [-0.2, -0.15) is 0 Å². The summed E-state index contributed by atoms with van der Waals surface area (Å²) < 4.78 is 13.6. The first-order valence-electron chi connectivity index (χ1n) is 8.54. The molecule has 4 nitrogen and oxygen atoms in total. The Bertz CT molecular complexity index is 507. The summed E-state index contributed by atoms with van der Waals surface area (Å²) in [6.07, 6.45) is 2.91. The molecule has 2 rings (SSSR count). The van der Waals surface area contributed by atoms with E-state index in [1.54, 1.807) is 13.1 Å². The highest BCUT2D eigenvalue weighted by atomic mass is 19.1. The number of piperidine rings is 1. The van der Waals surface area contributed by atoms with Gasteiger partial charge in [0.25, 0.3) is 0 Å². The number of aliphatic imine (C=N–C) groups is 1. The van der Waals surface area contributed by atoms with Gasteiger partial charge in [-0.1, -0.05) is 18.2 Å². The number of halogens is 1. The standard InChI is InChI=1S/C18H29FN4/c1-14(2)23-12-9-16(10-13-23)22-18(20-3)21-11-8-15-6-4-5-7-17(15)19/h4-7,14,16H,8-13H2,1-3H3,(H2,20,21,22). The lowest BCUT2D eigenvalue weighted by Gasteiger charge is -2.35. The normalized spacial score (nSPS) is 17.5. The molecule has 0 amide bonds. The number of likely N-dealkylation sites (tertiary alicyclic amines) is 1. The molecule has 1 saturated heterocycles. The average Bonchev–Trinajstić information content (AvgIpc) is 2.56. The first-order chi connectivity index (χ1) is 11.1. The molecule has 5 heteroatoms. The highest BCUT2D eigenvalue weighted by Crippen LogP contribution is 2.12. The van der Waals surface area contributed by atoms with Gasteiger partial charge in [-0.25, -0.2) is 4.39 Å².